The Kier molecular flexibility index (Phi) is 3.75. The molecule has 0 aliphatic rings. The first-order valence-electron chi connectivity index (χ1n) is 6.83. The van der Waals surface area contributed by atoms with Gasteiger partial charge in [0.15, 0.2) is 0 Å². The maximum Gasteiger partial charge on any atom is 0.352 e. The summed E-state index contributed by atoms with van der Waals surface area (Å²) in [5.41, 5.74) is 1.62. The highest BCUT2D eigenvalue weighted by molar-refractivity contribution is 7.11. The lowest BCUT2D eigenvalue weighted by atomic mass is 9.97. The SMILES string of the molecule is C/C(=C(/C(=O)O)c1cccs1)c1c(C(=O)O)[nH]c2ccccc12. The van der Waals surface area contributed by atoms with E-state index in [2.05, 4.69) is 4.98 Å². The molecule has 0 bridgehead atoms. The lowest BCUT2D eigenvalue weighted by Gasteiger charge is -2.08. The number of aliphatic carboxylic acids is 1. The fourth-order valence-electron chi connectivity index (χ4n) is 2.69. The van der Waals surface area contributed by atoms with Crippen molar-refractivity contribution in [2.24, 2.45) is 0 Å². The van der Waals surface area contributed by atoms with Crippen LogP contribution in [0.5, 0.6) is 0 Å². The van der Waals surface area contributed by atoms with E-state index in [9.17, 15) is 19.8 Å². The molecule has 6 heteroatoms. The molecule has 0 unspecified atom stereocenters. The van der Waals surface area contributed by atoms with Crippen molar-refractivity contribution in [3.05, 3.63) is 57.9 Å². The topological polar surface area (TPSA) is 90.4 Å². The molecule has 0 atom stereocenters. The Morgan fingerprint density at radius 1 is 1.09 bits per heavy atom. The van der Waals surface area contributed by atoms with Gasteiger partial charge in [0.2, 0.25) is 0 Å². The number of hydrogen-bond donors (Lipinski definition) is 3. The van der Waals surface area contributed by atoms with Crippen molar-refractivity contribution in [1.82, 2.24) is 4.98 Å². The number of carbonyl (C=O) groups is 2. The average molecular weight is 327 g/mol. The standard InChI is InChI=1S/C17H13NO4S/c1-9(14(16(19)20)12-7-4-8-23-12)13-10-5-2-3-6-11(10)18-15(13)17(21)22/h2-8,18H,1H3,(H,19,20)(H,21,22)/b14-9-. The van der Waals surface area contributed by atoms with Crippen LogP contribution in [0.2, 0.25) is 0 Å². The fourth-order valence-corrected chi connectivity index (χ4v) is 3.51. The second-order valence-corrected chi connectivity index (χ2v) is 5.96. The van der Waals surface area contributed by atoms with Crippen LogP contribution in [0.3, 0.4) is 0 Å². The van der Waals surface area contributed by atoms with Gasteiger partial charge in [-0.2, -0.15) is 0 Å². The first-order chi connectivity index (χ1) is 11.0. The zero-order valence-electron chi connectivity index (χ0n) is 12.2. The van der Waals surface area contributed by atoms with Gasteiger partial charge in [-0.3, -0.25) is 0 Å². The molecule has 3 N–H and O–H groups in total. The van der Waals surface area contributed by atoms with Gasteiger partial charge in [0.1, 0.15) is 5.69 Å². The predicted octanol–water partition coefficient (Wildman–Crippen LogP) is 3.94. The molecule has 0 amide bonds. The largest absolute Gasteiger partial charge is 0.478 e. The molecular weight excluding hydrogens is 314 g/mol. The third-order valence-electron chi connectivity index (χ3n) is 3.65. The second-order valence-electron chi connectivity index (χ2n) is 5.01. The van der Waals surface area contributed by atoms with Crippen LogP contribution in [0.25, 0.3) is 22.0 Å². The minimum Gasteiger partial charge on any atom is -0.478 e. The van der Waals surface area contributed by atoms with E-state index in [1.54, 1.807) is 48.7 Å². The van der Waals surface area contributed by atoms with Crippen LogP contribution >= 0.6 is 11.3 Å². The molecule has 3 rings (SSSR count). The summed E-state index contributed by atoms with van der Waals surface area (Å²) < 4.78 is 0. The van der Waals surface area contributed by atoms with Gasteiger partial charge in [0.25, 0.3) is 0 Å². The molecule has 2 aromatic heterocycles. The summed E-state index contributed by atoms with van der Waals surface area (Å²) in [6.07, 6.45) is 0. The van der Waals surface area contributed by atoms with E-state index >= 15 is 0 Å². The van der Waals surface area contributed by atoms with E-state index in [0.717, 1.165) is 0 Å². The number of rotatable bonds is 4. The Labute approximate surface area is 135 Å². The number of para-hydroxylation sites is 1. The van der Waals surface area contributed by atoms with Gasteiger partial charge < -0.3 is 15.2 Å². The van der Waals surface area contributed by atoms with Gasteiger partial charge in [-0.15, -0.1) is 11.3 Å². The Morgan fingerprint density at radius 3 is 2.43 bits per heavy atom. The van der Waals surface area contributed by atoms with E-state index in [0.29, 0.717) is 26.9 Å². The molecule has 0 radical (unpaired) electrons. The zero-order chi connectivity index (χ0) is 16.6. The van der Waals surface area contributed by atoms with Crippen molar-refractivity contribution in [2.75, 3.05) is 0 Å². The molecule has 3 aromatic rings. The lowest BCUT2D eigenvalue weighted by molar-refractivity contribution is -0.130. The van der Waals surface area contributed by atoms with Gasteiger partial charge in [0, 0.05) is 21.3 Å². The highest BCUT2D eigenvalue weighted by Crippen LogP contribution is 2.35. The summed E-state index contributed by atoms with van der Waals surface area (Å²) in [6.45, 7) is 1.64. The Balaban J connectivity index is 2.38. The Bertz CT molecular complexity index is 935. The number of fused-ring (bicyclic) bond motifs is 1. The van der Waals surface area contributed by atoms with E-state index in [1.165, 1.54) is 11.3 Å². The monoisotopic (exact) mass is 327 g/mol. The van der Waals surface area contributed by atoms with E-state index in [1.807, 2.05) is 0 Å². The number of thiophene rings is 1. The fraction of sp³-hybridized carbons (Fsp3) is 0.0588. The van der Waals surface area contributed by atoms with Crippen LogP contribution in [0.15, 0.2) is 41.8 Å². The Morgan fingerprint density at radius 2 is 1.83 bits per heavy atom. The molecule has 0 aliphatic carbocycles. The van der Waals surface area contributed by atoms with Crippen LogP contribution in [-0.4, -0.2) is 27.1 Å². The van der Waals surface area contributed by atoms with Crippen molar-refractivity contribution < 1.29 is 19.8 Å². The smallest absolute Gasteiger partial charge is 0.352 e. The minimum absolute atomic E-state index is 0.000920. The molecule has 0 saturated carbocycles. The summed E-state index contributed by atoms with van der Waals surface area (Å²) in [6, 6.07) is 10.6. The normalized spacial score (nSPS) is 12.2. The maximum atomic E-state index is 11.7. The van der Waals surface area contributed by atoms with Gasteiger partial charge in [-0.05, 0) is 30.0 Å². The highest BCUT2D eigenvalue weighted by Gasteiger charge is 2.23. The molecule has 0 saturated heterocycles. The summed E-state index contributed by atoms with van der Waals surface area (Å²) in [5, 5.41) is 21.6. The number of aromatic amines is 1. The molecule has 2 heterocycles. The highest BCUT2D eigenvalue weighted by atomic mass is 32.1. The summed E-state index contributed by atoms with van der Waals surface area (Å²) in [4.78, 5) is 26.8. The molecule has 5 nitrogen and oxygen atoms in total. The predicted molar refractivity (Wildman–Crippen MR) is 89.7 cm³/mol. The van der Waals surface area contributed by atoms with E-state index in [4.69, 9.17) is 0 Å². The van der Waals surface area contributed by atoms with E-state index in [-0.39, 0.29) is 11.3 Å². The Hall–Kier alpha value is -2.86. The average Bonchev–Trinajstić information content (AvgIpc) is 3.13. The number of allylic oxidation sites excluding steroid dienone is 1. The van der Waals surface area contributed by atoms with Crippen LogP contribution < -0.4 is 0 Å². The van der Waals surface area contributed by atoms with Crippen molar-refractivity contribution in [2.45, 2.75) is 6.92 Å². The first-order valence-corrected chi connectivity index (χ1v) is 7.71. The van der Waals surface area contributed by atoms with Crippen LogP contribution in [0, 0.1) is 0 Å². The molecule has 23 heavy (non-hydrogen) atoms. The third kappa shape index (κ3) is 2.53. The van der Waals surface area contributed by atoms with Crippen LogP contribution in [0.1, 0.15) is 27.9 Å². The number of hydrogen-bond acceptors (Lipinski definition) is 3. The van der Waals surface area contributed by atoms with Crippen LogP contribution in [-0.2, 0) is 4.79 Å². The van der Waals surface area contributed by atoms with Gasteiger partial charge >= 0.3 is 11.9 Å². The number of aromatic nitrogens is 1. The van der Waals surface area contributed by atoms with Crippen molar-refractivity contribution in [1.29, 1.82) is 0 Å². The number of carboxylic acid groups (broad SMARTS) is 2. The second kappa shape index (κ2) is 5.73. The van der Waals surface area contributed by atoms with Crippen molar-refractivity contribution >= 4 is 45.3 Å². The number of aromatic carboxylic acids is 1. The van der Waals surface area contributed by atoms with E-state index < -0.39 is 11.9 Å². The lowest BCUT2D eigenvalue weighted by Crippen LogP contribution is -2.05. The van der Waals surface area contributed by atoms with Gasteiger partial charge in [-0.1, -0.05) is 24.3 Å². The molecule has 0 fully saturated rings. The quantitative estimate of drug-likeness (QED) is 0.633. The molecular formula is C17H13NO4S. The van der Waals surface area contributed by atoms with Gasteiger partial charge in [0.05, 0.1) is 5.57 Å². The number of carboxylic acids is 2. The van der Waals surface area contributed by atoms with Crippen LogP contribution in [0.4, 0.5) is 0 Å². The van der Waals surface area contributed by atoms with Gasteiger partial charge in [-0.25, -0.2) is 9.59 Å². The minimum atomic E-state index is -1.12. The van der Waals surface area contributed by atoms with Crippen molar-refractivity contribution in [3.8, 4) is 0 Å². The summed E-state index contributed by atoms with van der Waals surface area (Å²) >= 11 is 1.31. The third-order valence-corrected chi connectivity index (χ3v) is 4.54. The maximum absolute atomic E-state index is 11.7. The summed E-state index contributed by atoms with van der Waals surface area (Å²) in [5.74, 6) is -2.20. The zero-order valence-corrected chi connectivity index (χ0v) is 13.0. The molecule has 116 valence electrons. The molecule has 0 aliphatic heterocycles. The molecule has 1 aromatic carbocycles. The summed E-state index contributed by atoms with van der Waals surface area (Å²) in [7, 11) is 0. The van der Waals surface area contributed by atoms with Crippen molar-refractivity contribution in [3.63, 3.8) is 0 Å². The number of H-pyrrole nitrogens is 1. The molecule has 0 spiro atoms. The first kappa shape index (κ1) is 15.1. The number of nitrogens with one attached hydrogen (secondary N) is 1. The number of benzene rings is 1.